The van der Waals surface area contributed by atoms with E-state index in [-0.39, 0.29) is 48.0 Å². The molecule has 35 heavy (non-hydrogen) atoms. The number of aliphatic imine (C=N–C) groups is 1. The van der Waals surface area contributed by atoms with Gasteiger partial charge < -0.3 is 19.1 Å². The minimum Gasteiger partial charge on any atom is -0.372 e. The fourth-order valence-electron chi connectivity index (χ4n) is 6.38. The van der Waals surface area contributed by atoms with E-state index in [4.69, 9.17) is 9.26 Å². The monoisotopic (exact) mass is 491 g/mol. The van der Waals surface area contributed by atoms with E-state index < -0.39 is 35.9 Å². The lowest BCUT2D eigenvalue weighted by Crippen LogP contribution is -2.67. The van der Waals surface area contributed by atoms with E-state index in [9.17, 15) is 13.6 Å². The fourth-order valence-corrected chi connectivity index (χ4v) is 6.38. The molecule has 0 bridgehead atoms. The summed E-state index contributed by atoms with van der Waals surface area (Å²) < 4.78 is 54.7. The molecule has 1 spiro atoms. The van der Waals surface area contributed by atoms with Crippen LogP contribution in [-0.2, 0) is 11.2 Å². The van der Waals surface area contributed by atoms with Gasteiger partial charge in [0.25, 0.3) is 11.8 Å². The molecule has 2 saturated heterocycles. The molecule has 8 nitrogen and oxygen atoms in total. The molecule has 11 heteroatoms. The van der Waals surface area contributed by atoms with Gasteiger partial charge in [0.05, 0.1) is 36.0 Å². The van der Waals surface area contributed by atoms with Crippen LogP contribution in [0, 0.1) is 11.2 Å². The normalized spacial score (nSPS) is 32.1. The highest BCUT2D eigenvalue weighted by molar-refractivity contribution is 6.05. The van der Waals surface area contributed by atoms with E-state index in [0.29, 0.717) is 31.9 Å². The van der Waals surface area contributed by atoms with Crippen LogP contribution in [0.5, 0.6) is 0 Å². The van der Waals surface area contributed by atoms with Gasteiger partial charge in [-0.2, -0.15) is 0 Å². The molecule has 4 aliphatic heterocycles. The van der Waals surface area contributed by atoms with Crippen molar-refractivity contribution < 1.29 is 27.2 Å². The maximum absolute atomic E-state index is 16.1. The van der Waals surface area contributed by atoms with Crippen molar-refractivity contribution in [2.24, 2.45) is 10.4 Å². The molecule has 2 aromatic rings. The predicted octanol–water partition coefficient (Wildman–Crippen LogP) is 2.99. The summed E-state index contributed by atoms with van der Waals surface area (Å²) in [6.07, 6.45) is 1.41. The molecule has 0 aliphatic carbocycles. The number of ether oxygens (including phenoxy) is 1. The Kier molecular flexibility index (Phi) is 5.16. The summed E-state index contributed by atoms with van der Waals surface area (Å²) in [5.74, 6) is -3.85. The van der Waals surface area contributed by atoms with Gasteiger partial charge in [-0.05, 0) is 31.9 Å². The van der Waals surface area contributed by atoms with Crippen molar-refractivity contribution in [1.29, 1.82) is 0 Å². The first-order valence-electron chi connectivity index (χ1n) is 12.1. The summed E-state index contributed by atoms with van der Waals surface area (Å²) in [4.78, 5) is 21.0. The molecule has 188 valence electrons. The number of carbonyl (C=O) groups excluding carboxylic acids is 1. The zero-order valence-electron chi connectivity index (χ0n) is 19.7. The van der Waals surface area contributed by atoms with Crippen LogP contribution in [0.25, 0.3) is 11.0 Å². The average molecular weight is 492 g/mol. The second-order valence-corrected chi connectivity index (χ2v) is 10.3. The van der Waals surface area contributed by atoms with Crippen LogP contribution in [0.4, 0.5) is 18.9 Å². The smallest absolute Gasteiger partial charge is 0.276 e. The first kappa shape index (κ1) is 22.8. The fraction of sp³-hybridized carbons (Fsp3) is 0.625. The molecule has 1 amide bonds. The predicted molar refractivity (Wildman–Crippen MR) is 123 cm³/mol. The number of benzene rings is 1. The minimum atomic E-state index is -2.78. The van der Waals surface area contributed by atoms with Crippen LogP contribution in [-0.4, -0.2) is 79.2 Å². The molecule has 0 saturated carbocycles. The van der Waals surface area contributed by atoms with E-state index in [0.717, 1.165) is 5.56 Å². The number of anilines is 1. The Bertz CT molecular complexity index is 1210. The molecular formula is C24H28F3N5O3. The number of halogens is 3. The summed E-state index contributed by atoms with van der Waals surface area (Å²) in [6, 6.07) is 1.65. The number of alkyl halides is 2. The van der Waals surface area contributed by atoms with Gasteiger partial charge in [0, 0.05) is 50.7 Å². The number of amides is 1. The van der Waals surface area contributed by atoms with E-state index in [2.05, 4.69) is 20.4 Å². The lowest BCUT2D eigenvalue weighted by atomic mass is 9.68. The Labute approximate surface area is 200 Å². The molecular weight excluding hydrogens is 463 g/mol. The Hall–Kier alpha value is -2.66. The number of hydrogen-bond donors (Lipinski definition) is 1. The Morgan fingerprint density at radius 1 is 1.26 bits per heavy atom. The third-order valence-corrected chi connectivity index (χ3v) is 7.83. The number of morpholine rings is 1. The van der Waals surface area contributed by atoms with Crippen LogP contribution in [0.1, 0.15) is 42.7 Å². The third kappa shape index (κ3) is 3.54. The van der Waals surface area contributed by atoms with E-state index in [1.807, 2.05) is 20.1 Å². The molecule has 1 aromatic heterocycles. The summed E-state index contributed by atoms with van der Waals surface area (Å²) in [7, 11) is 0. The van der Waals surface area contributed by atoms with Gasteiger partial charge in [-0.3, -0.25) is 15.1 Å². The van der Waals surface area contributed by atoms with Gasteiger partial charge in [0.2, 0.25) is 5.58 Å². The maximum atomic E-state index is 16.1. The number of fused-ring (bicyclic) bond motifs is 5. The molecule has 2 fully saturated rings. The first-order valence-corrected chi connectivity index (χ1v) is 12.1. The molecule has 1 N–H and O–H groups in total. The van der Waals surface area contributed by atoms with Crippen molar-refractivity contribution in [2.75, 3.05) is 37.7 Å². The topological polar surface area (TPSA) is 83.2 Å². The first-order chi connectivity index (χ1) is 16.7. The van der Waals surface area contributed by atoms with Crippen molar-refractivity contribution in [1.82, 2.24) is 15.4 Å². The van der Waals surface area contributed by atoms with E-state index >= 15 is 4.39 Å². The number of aromatic nitrogens is 1. The Morgan fingerprint density at radius 2 is 2.03 bits per heavy atom. The second kappa shape index (κ2) is 7.92. The number of rotatable bonds is 1. The average Bonchev–Trinajstić information content (AvgIpc) is 3.22. The second-order valence-electron chi connectivity index (χ2n) is 10.3. The van der Waals surface area contributed by atoms with Crippen molar-refractivity contribution in [3.63, 3.8) is 0 Å². The van der Waals surface area contributed by atoms with E-state index in [1.165, 1.54) is 4.90 Å². The highest BCUT2D eigenvalue weighted by atomic mass is 19.3. The standard InChI is InChI=1S/C24H28F3N5O3/c1-13-9-32-19-15(8-23(10-28-12-29-11-23)21(32)14(2)34-13)7-16-18(30-35-20(16)17(19)25)22(33)31-5-3-24(26,27)4-6-31/h7,10,13-14,21,29H,3-6,8-9,11-12H2,1-2H3/t13-,14+,21-,23?/m1/s1. The van der Waals surface area contributed by atoms with Gasteiger partial charge in [-0.1, -0.05) is 5.16 Å². The van der Waals surface area contributed by atoms with Crippen molar-refractivity contribution in [3.8, 4) is 0 Å². The maximum Gasteiger partial charge on any atom is 0.276 e. The zero-order valence-corrected chi connectivity index (χ0v) is 19.7. The summed E-state index contributed by atoms with van der Waals surface area (Å²) in [6.45, 7) is 5.50. The van der Waals surface area contributed by atoms with Crippen molar-refractivity contribution in [2.45, 2.75) is 57.3 Å². The molecule has 5 heterocycles. The highest BCUT2D eigenvalue weighted by Crippen LogP contribution is 2.48. The SMILES string of the molecule is C[C@@H]1CN2c3c(cc4c(C(=O)N5CCC(F)(F)CC5)noc4c3F)CC3(C=NCNC3)[C@H]2[C@H](C)O1. The van der Waals surface area contributed by atoms with Crippen LogP contribution >= 0.6 is 0 Å². The van der Waals surface area contributed by atoms with E-state index in [1.54, 1.807) is 6.07 Å². The van der Waals surface area contributed by atoms with Crippen LogP contribution in [0.3, 0.4) is 0 Å². The molecule has 4 aliphatic rings. The lowest BCUT2D eigenvalue weighted by molar-refractivity contribution is -0.0523. The van der Waals surface area contributed by atoms with Gasteiger partial charge in [0.15, 0.2) is 11.5 Å². The molecule has 1 unspecified atom stereocenters. The highest BCUT2D eigenvalue weighted by Gasteiger charge is 2.52. The van der Waals surface area contributed by atoms with Crippen molar-refractivity contribution >= 4 is 28.8 Å². The largest absolute Gasteiger partial charge is 0.372 e. The number of piperidine rings is 1. The molecule has 1 aromatic carbocycles. The van der Waals surface area contributed by atoms with Crippen LogP contribution in [0.2, 0.25) is 0 Å². The minimum absolute atomic E-state index is 0.0396. The Morgan fingerprint density at radius 3 is 2.74 bits per heavy atom. The summed E-state index contributed by atoms with van der Waals surface area (Å²) in [5.41, 5.74) is 0.644. The van der Waals surface area contributed by atoms with Crippen LogP contribution in [0.15, 0.2) is 15.6 Å². The third-order valence-electron chi connectivity index (χ3n) is 7.83. The molecule has 0 radical (unpaired) electrons. The Balaban J connectivity index is 1.45. The molecule has 4 atom stereocenters. The van der Waals surface area contributed by atoms with Gasteiger partial charge in [-0.15, -0.1) is 0 Å². The quantitative estimate of drug-likeness (QED) is 0.661. The summed E-state index contributed by atoms with van der Waals surface area (Å²) in [5, 5.41) is 7.51. The van der Waals surface area contributed by atoms with Gasteiger partial charge in [-0.25, -0.2) is 13.2 Å². The summed E-state index contributed by atoms with van der Waals surface area (Å²) >= 11 is 0. The van der Waals surface area contributed by atoms with Crippen LogP contribution < -0.4 is 10.2 Å². The lowest BCUT2D eigenvalue weighted by Gasteiger charge is -2.56. The number of carbonyl (C=O) groups is 1. The van der Waals surface area contributed by atoms with Gasteiger partial charge in [0.1, 0.15) is 0 Å². The number of hydrogen-bond acceptors (Lipinski definition) is 7. The molecule has 6 rings (SSSR count). The van der Waals surface area contributed by atoms with Crippen molar-refractivity contribution in [3.05, 3.63) is 23.1 Å². The number of nitrogens with one attached hydrogen (secondary N) is 1. The number of nitrogens with zero attached hydrogens (tertiary/aromatic N) is 4. The zero-order chi connectivity index (χ0) is 24.5. The van der Waals surface area contributed by atoms with Gasteiger partial charge >= 0.3 is 0 Å². The number of likely N-dealkylation sites (tertiary alicyclic amines) is 1.